The summed E-state index contributed by atoms with van der Waals surface area (Å²) in [6, 6.07) is 24.4. The van der Waals surface area contributed by atoms with Crippen molar-refractivity contribution in [1.29, 1.82) is 0 Å². The van der Waals surface area contributed by atoms with E-state index < -0.39 is 18.2 Å². The third-order valence-corrected chi connectivity index (χ3v) is 9.20. The first-order valence-corrected chi connectivity index (χ1v) is 17.1. The van der Waals surface area contributed by atoms with Gasteiger partial charge in [-0.3, -0.25) is 9.59 Å². The smallest absolute Gasteiger partial charge is 0.243 e. The Bertz CT molecular complexity index is 1460. The van der Waals surface area contributed by atoms with E-state index in [1.54, 1.807) is 11.9 Å². The van der Waals surface area contributed by atoms with E-state index in [2.05, 4.69) is 29.7 Å². The second-order valence-electron chi connectivity index (χ2n) is 12.6. The summed E-state index contributed by atoms with van der Waals surface area (Å²) in [5.74, 6) is 1.22. The van der Waals surface area contributed by atoms with E-state index in [-0.39, 0.29) is 30.5 Å². The fraction of sp³-hybridized carbons (Fsp3) is 0.436. The summed E-state index contributed by atoms with van der Waals surface area (Å²) in [6.07, 6.45) is 8.52. The number of nitrogens with zero attached hydrogens (tertiary/aromatic N) is 1. The summed E-state index contributed by atoms with van der Waals surface area (Å²) in [5, 5.41) is 18.4. The second kappa shape index (κ2) is 17.3. The number of likely N-dealkylation sites (N-methyl/N-ethyl adjacent to an activating group) is 1. The highest BCUT2D eigenvalue weighted by Crippen LogP contribution is 2.43. The van der Waals surface area contributed by atoms with E-state index in [1.807, 2.05) is 78.9 Å². The highest BCUT2D eigenvalue weighted by molar-refractivity contribution is 5.87. The van der Waals surface area contributed by atoms with E-state index in [4.69, 9.17) is 9.47 Å². The van der Waals surface area contributed by atoms with Crippen LogP contribution in [0.15, 0.2) is 91.0 Å². The van der Waals surface area contributed by atoms with Crippen LogP contribution in [0.4, 0.5) is 0 Å². The monoisotopic (exact) mass is 639 g/mol. The lowest BCUT2D eigenvalue weighted by Gasteiger charge is -2.31. The van der Waals surface area contributed by atoms with Crippen LogP contribution in [0.1, 0.15) is 80.7 Å². The summed E-state index contributed by atoms with van der Waals surface area (Å²) in [4.78, 5) is 28.6. The van der Waals surface area contributed by atoms with Gasteiger partial charge in [0.1, 0.15) is 17.5 Å². The Balaban J connectivity index is 1.38. The summed E-state index contributed by atoms with van der Waals surface area (Å²) >= 11 is 0. The van der Waals surface area contributed by atoms with Crippen molar-refractivity contribution in [3.05, 3.63) is 108 Å². The lowest BCUT2D eigenvalue weighted by atomic mass is 9.99. The molecule has 0 aromatic heterocycles. The first-order chi connectivity index (χ1) is 22.9. The first-order valence-electron chi connectivity index (χ1n) is 17.1. The van der Waals surface area contributed by atoms with Gasteiger partial charge in [-0.15, -0.1) is 0 Å². The Labute approximate surface area is 279 Å². The zero-order valence-electron chi connectivity index (χ0n) is 27.6. The Morgan fingerprint density at radius 2 is 1.74 bits per heavy atom. The molecule has 0 fully saturated rings. The van der Waals surface area contributed by atoms with Gasteiger partial charge >= 0.3 is 0 Å². The van der Waals surface area contributed by atoms with Gasteiger partial charge in [0, 0.05) is 26.1 Å². The standard InChI is InChI=1S/C39H49N3O5/c1-3-4-8-20-38(44)42(2)35-19-13-7-14-23-46-37-26-33(32-25-30(21-22-31(32)37)47-29-17-11-6-12-18-29)40-27-36(43)34(41-39(35)45)24-28-15-9-5-10-16-28/h5-7,9-12,14-18,21-22,25,33-37,40,43H,3-4,8,13,19-20,23-24,26-27H2,1-2H3,(H,41,45)/t33?,34-,35-,36+,37?/m0/s1. The number of fused-ring (bicyclic) bond motifs is 5. The number of hydrogen-bond donors (Lipinski definition) is 3. The van der Waals surface area contributed by atoms with E-state index in [1.165, 1.54) is 0 Å². The third-order valence-electron chi connectivity index (χ3n) is 9.20. The van der Waals surface area contributed by atoms with Crippen molar-refractivity contribution in [1.82, 2.24) is 15.5 Å². The van der Waals surface area contributed by atoms with Crippen LogP contribution in [0.3, 0.4) is 0 Å². The highest BCUT2D eigenvalue weighted by Gasteiger charge is 2.34. The molecular formula is C39H49N3O5. The summed E-state index contributed by atoms with van der Waals surface area (Å²) < 4.78 is 12.5. The van der Waals surface area contributed by atoms with Crippen molar-refractivity contribution in [2.24, 2.45) is 0 Å². The molecule has 0 saturated carbocycles. The topological polar surface area (TPSA) is 100 Å². The normalized spacial score (nSPS) is 23.5. The summed E-state index contributed by atoms with van der Waals surface area (Å²) in [6.45, 7) is 2.80. The Kier molecular flexibility index (Phi) is 12.6. The van der Waals surface area contributed by atoms with Gasteiger partial charge in [-0.05, 0) is 73.1 Å². The lowest BCUT2D eigenvalue weighted by molar-refractivity contribution is -0.140. The molecule has 5 rings (SSSR count). The largest absolute Gasteiger partial charge is 0.457 e. The van der Waals surface area contributed by atoms with E-state index in [9.17, 15) is 14.7 Å². The zero-order valence-corrected chi connectivity index (χ0v) is 27.6. The molecule has 8 heteroatoms. The number of amides is 2. The van der Waals surface area contributed by atoms with Gasteiger partial charge in [0.2, 0.25) is 11.8 Å². The molecule has 3 N–H and O–H groups in total. The van der Waals surface area contributed by atoms with Gasteiger partial charge in [0.15, 0.2) is 0 Å². The van der Waals surface area contributed by atoms with Gasteiger partial charge in [-0.2, -0.15) is 0 Å². The minimum absolute atomic E-state index is 0.0351. The minimum atomic E-state index is -0.884. The zero-order chi connectivity index (χ0) is 33.0. The van der Waals surface area contributed by atoms with Crippen molar-refractivity contribution in [3.8, 4) is 11.5 Å². The van der Waals surface area contributed by atoms with E-state index in [0.717, 1.165) is 47.5 Å². The summed E-state index contributed by atoms with van der Waals surface area (Å²) in [7, 11) is 1.72. The quantitative estimate of drug-likeness (QED) is 0.185. The van der Waals surface area contributed by atoms with Crippen LogP contribution >= 0.6 is 0 Å². The molecule has 250 valence electrons. The van der Waals surface area contributed by atoms with E-state index in [0.29, 0.717) is 38.7 Å². The van der Waals surface area contributed by atoms with Crippen molar-refractivity contribution in [3.63, 3.8) is 0 Å². The molecule has 2 amide bonds. The molecule has 2 aliphatic rings. The minimum Gasteiger partial charge on any atom is -0.457 e. The molecule has 47 heavy (non-hydrogen) atoms. The maximum absolute atomic E-state index is 13.9. The average Bonchev–Trinajstić information content (AvgIpc) is 3.43. The lowest BCUT2D eigenvalue weighted by Crippen LogP contribution is -2.55. The Morgan fingerprint density at radius 3 is 2.51 bits per heavy atom. The number of ether oxygens (including phenoxy) is 2. The predicted molar refractivity (Wildman–Crippen MR) is 184 cm³/mol. The number of para-hydroxylation sites is 1. The van der Waals surface area contributed by atoms with Crippen LogP contribution in [0, 0.1) is 0 Å². The number of aliphatic hydroxyl groups is 1. The number of β-amino-alcohol motifs (C(OH)–C–C–N with tert-alkyl or cyclic N) is 1. The molecule has 0 spiro atoms. The average molecular weight is 640 g/mol. The molecule has 0 radical (unpaired) electrons. The number of carbonyl (C=O) groups excluding carboxylic acids is 2. The molecule has 5 atom stereocenters. The molecule has 2 bridgehead atoms. The maximum Gasteiger partial charge on any atom is 0.243 e. The number of rotatable bonds is 9. The highest BCUT2D eigenvalue weighted by atomic mass is 16.5. The molecule has 8 nitrogen and oxygen atoms in total. The predicted octanol–water partition coefficient (Wildman–Crippen LogP) is 6.42. The van der Waals surface area contributed by atoms with Crippen molar-refractivity contribution in [2.45, 2.75) is 88.6 Å². The van der Waals surface area contributed by atoms with Crippen LogP contribution in [0.25, 0.3) is 0 Å². The SMILES string of the molecule is CCCCCC(=O)N(C)[C@H]1CCC=CCOC2CC(NC[C@@H](O)[C@H](Cc3ccccc3)NC1=O)c1cc(Oc3ccccc3)ccc12. The van der Waals surface area contributed by atoms with Crippen LogP contribution in [0.2, 0.25) is 0 Å². The molecule has 1 heterocycles. The van der Waals surface area contributed by atoms with Crippen molar-refractivity contribution in [2.75, 3.05) is 20.2 Å². The van der Waals surface area contributed by atoms with Crippen LogP contribution in [0.5, 0.6) is 11.5 Å². The maximum atomic E-state index is 13.9. The number of carbonyl (C=O) groups is 2. The number of nitrogens with one attached hydrogen (secondary N) is 2. The van der Waals surface area contributed by atoms with Crippen molar-refractivity contribution < 1.29 is 24.2 Å². The molecule has 1 aliphatic heterocycles. The molecule has 2 unspecified atom stereocenters. The van der Waals surface area contributed by atoms with Crippen molar-refractivity contribution >= 4 is 11.8 Å². The second-order valence-corrected chi connectivity index (χ2v) is 12.6. The number of benzene rings is 3. The van der Waals surface area contributed by atoms with Gasteiger partial charge in [0.25, 0.3) is 0 Å². The fourth-order valence-electron chi connectivity index (χ4n) is 6.48. The third kappa shape index (κ3) is 9.53. The summed E-state index contributed by atoms with van der Waals surface area (Å²) in [5.41, 5.74) is 3.19. The van der Waals surface area contributed by atoms with Gasteiger partial charge in [-0.25, -0.2) is 0 Å². The van der Waals surface area contributed by atoms with Crippen LogP contribution in [-0.4, -0.2) is 60.2 Å². The first kappa shape index (κ1) is 34.4. The van der Waals surface area contributed by atoms with Gasteiger partial charge < -0.3 is 30.1 Å². The number of allylic oxidation sites excluding steroid dienone is 1. The Hall–Kier alpha value is -3.98. The molecule has 3 aromatic rings. The number of unbranched alkanes of at least 4 members (excludes halogenated alkanes) is 2. The van der Waals surface area contributed by atoms with Crippen LogP contribution < -0.4 is 15.4 Å². The number of hydrogen-bond acceptors (Lipinski definition) is 6. The molecular weight excluding hydrogens is 590 g/mol. The van der Waals surface area contributed by atoms with E-state index >= 15 is 0 Å². The molecule has 0 saturated heterocycles. The van der Waals surface area contributed by atoms with Gasteiger partial charge in [0.05, 0.1) is 24.9 Å². The fourth-order valence-corrected chi connectivity index (χ4v) is 6.48. The number of aliphatic hydroxyl groups excluding tert-OH is 1. The molecule has 3 aromatic carbocycles. The van der Waals surface area contributed by atoms with Crippen LogP contribution in [-0.2, 0) is 20.7 Å². The van der Waals surface area contributed by atoms with Gasteiger partial charge in [-0.1, -0.05) is 86.5 Å². The Morgan fingerprint density at radius 1 is 0.979 bits per heavy atom. The molecule has 1 aliphatic carbocycles.